The quantitative estimate of drug-likeness (QED) is 0.145. The Morgan fingerprint density at radius 3 is 2.31 bits per heavy atom. The number of hydrogen-bond acceptors (Lipinski definition) is 4. The van der Waals surface area contributed by atoms with Crippen molar-refractivity contribution < 1.29 is 30.0 Å². The van der Waals surface area contributed by atoms with Crippen molar-refractivity contribution in [1.29, 1.82) is 0 Å². The van der Waals surface area contributed by atoms with Crippen molar-refractivity contribution in [3.63, 3.8) is 0 Å². The second kappa shape index (κ2) is 10.2. The minimum absolute atomic E-state index is 0. The molecule has 0 unspecified atom stereocenters. The number of aliphatic hydroxyl groups excluding tert-OH is 1. The molecule has 0 bridgehead atoms. The van der Waals surface area contributed by atoms with Crippen LogP contribution in [0.15, 0.2) is 66.7 Å². The molecule has 0 saturated heterocycles. The maximum atomic E-state index is 10.0. The van der Waals surface area contributed by atoms with Gasteiger partial charge in [0.2, 0.25) is 0 Å². The molecule has 0 amide bonds. The minimum Gasteiger partial charge on any atom is -0.512 e. The van der Waals surface area contributed by atoms with E-state index in [2.05, 4.69) is 82.3 Å². The van der Waals surface area contributed by atoms with E-state index < -0.39 is 0 Å². The van der Waals surface area contributed by atoms with Gasteiger partial charge in [0.25, 0.3) is 0 Å². The fourth-order valence-electron chi connectivity index (χ4n) is 4.87. The number of fused-ring (bicyclic) bond motifs is 5. The third kappa shape index (κ3) is 5.12. The monoisotopic (exact) mass is 642 g/mol. The van der Waals surface area contributed by atoms with Gasteiger partial charge in [0.1, 0.15) is 6.33 Å². The summed E-state index contributed by atoms with van der Waals surface area (Å²) >= 11 is 0. The smallest absolute Gasteiger partial charge is 0.155 e. The summed E-state index contributed by atoms with van der Waals surface area (Å²) < 4.78 is 0. The molecule has 4 nitrogen and oxygen atoms in total. The maximum absolute atomic E-state index is 10.0. The summed E-state index contributed by atoms with van der Waals surface area (Å²) in [5, 5.41) is 10.9. The second-order valence-electron chi connectivity index (χ2n) is 9.43. The molecule has 1 aromatic heterocycles. The van der Waals surface area contributed by atoms with Crippen LogP contribution in [-0.2, 0) is 30.3 Å². The third-order valence-electron chi connectivity index (χ3n) is 6.13. The van der Waals surface area contributed by atoms with Crippen LogP contribution in [0.5, 0.6) is 0 Å². The summed E-state index contributed by atoms with van der Waals surface area (Å²) in [7, 11) is 0. The summed E-state index contributed by atoms with van der Waals surface area (Å²) in [6.07, 6.45) is 2.87. The molecule has 3 aromatic carbocycles. The van der Waals surface area contributed by atoms with E-state index in [-0.39, 0.29) is 37.1 Å². The van der Waals surface area contributed by atoms with Crippen molar-refractivity contribution >= 4 is 16.6 Å². The fraction of sp³-hybridized carbons (Fsp3) is 0.233. The normalized spacial score (nSPS) is 13.3. The van der Waals surface area contributed by atoms with Gasteiger partial charge >= 0.3 is 0 Å². The fourth-order valence-corrected chi connectivity index (χ4v) is 4.87. The zero-order valence-electron chi connectivity index (χ0n) is 20.9. The molecule has 0 saturated carbocycles. The number of aromatic nitrogens is 2. The number of carbonyl (C=O) groups excluding carboxylic acids is 1. The second-order valence-corrected chi connectivity index (χ2v) is 9.43. The van der Waals surface area contributed by atoms with E-state index in [1.165, 1.54) is 52.9 Å². The SMILES string of the molecule is CC(=O)/C=C(/C)O.Cc1[c-]c(-c2ncnc3c2C(C)(C)c2ccc4ccccc4c2-3)cc(C)c1.[Ir]. The Bertz CT molecular complexity index is 1430. The topological polar surface area (TPSA) is 63.1 Å². The van der Waals surface area contributed by atoms with Crippen LogP contribution in [0.4, 0.5) is 0 Å². The molecule has 0 spiro atoms. The first kappa shape index (κ1) is 26.5. The van der Waals surface area contributed by atoms with Gasteiger partial charge in [-0.25, -0.2) is 4.98 Å². The number of nitrogens with zero attached hydrogens (tertiary/aromatic N) is 2. The molecular formula is C30H29IrN2O2-. The number of aryl methyl sites for hydroxylation is 2. The van der Waals surface area contributed by atoms with Crippen LogP contribution in [0.2, 0.25) is 0 Å². The number of ketones is 1. The van der Waals surface area contributed by atoms with Crippen molar-refractivity contribution in [2.24, 2.45) is 0 Å². The zero-order valence-corrected chi connectivity index (χ0v) is 23.3. The maximum Gasteiger partial charge on any atom is 0.155 e. The molecule has 181 valence electrons. The summed E-state index contributed by atoms with van der Waals surface area (Å²) in [6, 6.07) is 20.9. The van der Waals surface area contributed by atoms with Crippen molar-refractivity contribution in [1.82, 2.24) is 9.97 Å². The van der Waals surface area contributed by atoms with E-state index in [1.54, 1.807) is 6.33 Å². The molecule has 4 aromatic rings. The molecule has 1 aliphatic rings. The van der Waals surface area contributed by atoms with Crippen molar-refractivity contribution in [3.8, 4) is 22.5 Å². The first-order valence-electron chi connectivity index (χ1n) is 11.4. The zero-order chi connectivity index (χ0) is 24.6. The number of rotatable bonds is 2. The third-order valence-corrected chi connectivity index (χ3v) is 6.13. The molecule has 5 heteroatoms. The first-order valence-corrected chi connectivity index (χ1v) is 11.4. The predicted molar refractivity (Wildman–Crippen MR) is 138 cm³/mol. The number of aliphatic hydroxyl groups is 1. The Balaban J connectivity index is 0.000000378. The van der Waals surface area contributed by atoms with Gasteiger partial charge in [0.05, 0.1) is 11.5 Å². The van der Waals surface area contributed by atoms with Crippen molar-refractivity contribution in [2.75, 3.05) is 0 Å². The van der Waals surface area contributed by atoms with Gasteiger partial charge in [0.15, 0.2) is 5.78 Å². The molecule has 1 aliphatic carbocycles. The van der Waals surface area contributed by atoms with Crippen LogP contribution >= 0.6 is 0 Å². The predicted octanol–water partition coefficient (Wildman–Crippen LogP) is 7.05. The van der Waals surface area contributed by atoms with E-state index in [1.807, 2.05) is 0 Å². The van der Waals surface area contributed by atoms with Crippen LogP contribution in [0, 0.1) is 19.9 Å². The van der Waals surface area contributed by atoms with Gasteiger partial charge in [-0.1, -0.05) is 64.1 Å². The molecule has 1 N–H and O–H groups in total. The molecule has 1 radical (unpaired) electrons. The Morgan fingerprint density at radius 1 is 1.00 bits per heavy atom. The average Bonchev–Trinajstić information content (AvgIpc) is 3.00. The Kier molecular flexibility index (Phi) is 7.74. The van der Waals surface area contributed by atoms with Gasteiger partial charge in [-0.05, 0) is 41.4 Å². The van der Waals surface area contributed by atoms with E-state index in [0.29, 0.717) is 0 Å². The standard InChI is InChI=1S/C25H21N2.C5H8O2.Ir/c1-15-11-16(2)13-18(12-15)23-22-24(27-14-26-23)21-19-8-6-5-7-17(19)9-10-20(21)25(22,3)4;1-4(6)3-5(2)7;/h5-12,14H,1-4H3;3,6H,1-2H3;/q-1;;/b;4-3-;. The van der Waals surface area contributed by atoms with Gasteiger partial charge in [0, 0.05) is 37.2 Å². The molecule has 0 fully saturated rings. The minimum atomic E-state index is -0.156. The molecular weight excluding hydrogens is 613 g/mol. The Hall–Kier alpha value is -3.14. The number of carbonyl (C=O) groups is 1. The Labute approximate surface area is 220 Å². The van der Waals surface area contributed by atoms with Crippen LogP contribution in [0.25, 0.3) is 33.3 Å². The summed E-state index contributed by atoms with van der Waals surface area (Å²) in [4.78, 5) is 19.5. The summed E-state index contributed by atoms with van der Waals surface area (Å²) in [6.45, 7) is 11.6. The molecule has 35 heavy (non-hydrogen) atoms. The van der Waals surface area contributed by atoms with E-state index in [4.69, 9.17) is 15.1 Å². The van der Waals surface area contributed by atoms with Crippen molar-refractivity contribution in [3.05, 3.63) is 95.0 Å². The molecule has 0 aliphatic heterocycles. The number of allylic oxidation sites excluding steroid dienone is 2. The van der Waals surface area contributed by atoms with Gasteiger partial charge in [-0.2, -0.15) is 0 Å². The number of hydrogen-bond donors (Lipinski definition) is 1. The van der Waals surface area contributed by atoms with Gasteiger partial charge < -0.3 is 5.11 Å². The average molecular weight is 642 g/mol. The van der Waals surface area contributed by atoms with Crippen LogP contribution in [-0.4, -0.2) is 20.9 Å². The van der Waals surface area contributed by atoms with Crippen LogP contribution in [0.1, 0.15) is 49.9 Å². The van der Waals surface area contributed by atoms with E-state index in [9.17, 15) is 4.79 Å². The van der Waals surface area contributed by atoms with Crippen LogP contribution in [0.3, 0.4) is 0 Å². The summed E-state index contributed by atoms with van der Waals surface area (Å²) in [5.74, 6) is -0.0625. The van der Waals surface area contributed by atoms with Gasteiger partial charge in [-0.3, -0.25) is 9.78 Å². The molecule has 5 rings (SSSR count). The molecule has 1 heterocycles. The first-order chi connectivity index (χ1) is 16.1. The Morgan fingerprint density at radius 2 is 1.69 bits per heavy atom. The van der Waals surface area contributed by atoms with Crippen LogP contribution < -0.4 is 0 Å². The van der Waals surface area contributed by atoms with E-state index in [0.717, 1.165) is 22.5 Å². The van der Waals surface area contributed by atoms with Gasteiger partial charge in [-0.15, -0.1) is 34.9 Å². The number of benzene rings is 3. The largest absolute Gasteiger partial charge is 0.512 e. The summed E-state index contributed by atoms with van der Waals surface area (Å²) in [5.41, 5.74) is 9.10. The van der Waals surface area contributed by atoms with Crippen molar-refractivity contribution in [2.45, 2.75) is 47.0 Å². The molecule has 0 atom stereocenters. The van der Waals surface area contributed by atoms with E-state index >= 15 is 0 Å².